The molecule has 0 spiro atoms. The third-order valence-corrected chi connectivity index (χ3v) is 0.932. The second kappa shape index (κ2) is 5.45. The van der Waals surface area contributed by atoms with Gasteiger partial charge in [0.15, 0.2) is 0 Å². The molecule has 0 bridgehead atoms. The van der Waals surface area contributed by atoms with Gasteiger partial charge in [0.1, 0.15) is 6.10 Å². The van der Waals surface area contributed by atoms with Crippen molar-refractivity contribution in [1.29, 1.82) is 0 Å². The normalized spacial score (nSPS) is 10.5. The maximum absolute atomic E-state index is 8.36. The number of aliphatic hydroxyl groups excluding tert-OH is 2. The van der Waals surface area contributed by atoms with Crippen LogP contribution in [0.1, 0.15) is 0 Å². The molecular formula is C4H11O3P. The molecule has 0 heterocycles. The second-order valence-electron chi connectivity index (χ2n) is 1.32. The molecule has 0 rings (SSSR count). The highest BCUT2D eigenvalue weighted by Gasteiger charge is 2.01. The number of rotatable bonds is 4. The van der Waals surface area contributed by atoms with Crippen LogP contribution in [0.2, 0.25) is 0 Å². The predicted molar refractivity (Wildman–Crippen MR) is 33.6 cm³/mol. The van der Waals surface area contributed by atoms with Crippen LogP contribution in [-0.4, -0.2) is 35.9 Å². The maximum Gasteiger partial charge on any atom is 0.104 e. The van der Waals surface area contributed by atoms with E-state index in [0.717, 1.165) is 0 Å². The van der Waals surface area contributed by atoms with Crippen molar-refractivity contribution < 1.29 is 14.9 Å². The Kier molecular flexibility index (Phi) is 5.66. The Balaban J connectivity index is 3.07. The Morgan fingerprint density at radius 1 is 1.38 bits per heavy atom. The molecule has 0 fully saturated rings. The Morgan fingerprint density at radius 2 is 1.88 bits per heavy atom. The lowest BCUT2D eigenvalue weighted by molar-refractivity contribution is 0.00186. The first kappa shape index (κ1) is 8.31. The minimum absolute atomic E-state index is 0.120. The third kappa shape index (κ3) is 3.33. The van der Waals surface area contributed by atoms with E-state index < -0.39 is 6.10 Å². The standard InChI is InChI=1S/C4H11O3P/c5-1-4(2-6)7-3-8/h4-6H,1-3,8H2. The van der Waals surface area contributed by atoms with Gasteiger partial charge < -0.3 is 14.9 Å². The zero-order chi connectivity index (χ0) is 6.41. The highest BCUT2D eigenvalue weighted by molar-refractivity contribution is 7.16. The van der Waals surface area contributed by atoms with Crippen molar-refractivity contribution in [2.45, 2.75) is 6.10 Å². The number of aliphatic hydroxyl groups is 2. The third-order valence-electron chi connectivity index (χ3n) is 0.739. The molecule has 0 aromatic heterocycles. The quantitative estimate of drug-likeness (QED) is 0.499. The monoisotopic (exact) mass is 138 g/mol. The summed E-state index contributed by atoms with van der Waals surface area (Å²) in [4.78, 5) is 0. The fourth-order valence-electron chi connectivity index (χ4n) is 0.299. The molecule has 0 radical (unpaired) electrons. The van der Waals surface area contributed by atoms with E-state index in [4.69, 9.17) is 14.9 Å². The van der Waals surface area contributed by atoms with E-state index in [0.29, 0.717) is 6.35 Å². The summed E-state index contributed by atoms with van der Waals surface area (Å²) in [6, 6.07) is 0. The summed E-state index contributed by atoms with van der Waals surface area (Å²) in [5.41, 5.74) is 0. The van der Waals surface area contributed by atoms with Gasteiger partial charge in [-0.1, -0.05) is 0 Å². The van der Waals surface area contributed by atoms with Crippen LogP contribution in [-0.2, 0) is 4.74 Å². The first-order valence-corrected chi connectivity index (χ1v) is 3.20. The summed E-state index contributed by atoms with van der Waals surface area (Å²) in [6.45, 7) is -0.240. The molecule has 0 aliphatic heterocycles. The van der Waals surface area contributed by atoms with Gasteiger partial charge in [-0.25, -0.2) is 0 Å². The van der Waals surface area contributed by atoms with Gasteiger partial charge in [0.2, 0.25) is 0 Å². The largest absolute Gasteiger partial charge is 0.394 e. The average Bonchev–Trinajstić information content (AvgIpc) is 1.83. The molecule has 0 aromatic rings. The minimum Gasteiger partial charge on any atom is -0.394 e. The summed E-state index contributed by atoms with van der Waals surface area (Å²) in [5, 5.41) is 16.7. The van der Waals surface area contributed by atoms with E-state index in [1.165, 1.54) is 0 Å². The summed E-state index contributed by atoms with van der Waals surface area (Å²) >= 11 is 0. The van der Waals surface area contributed by atoms with Crippen LogP contribution in [0.5, 0.6) is 0 Å². The van der Waals surface area contributed by atoms with Gasteiger partial charge >= 0.3 is 0 Å². The van der Waals surface area contributed by atoms with Gasteiger partial charge in [-0.2, -0.15) is 0 Å². The van der Waals surface area contributed by atoms with Crippen molar-refractivity contribution in [3.8, 4) is 0 Å². The maximum atomic E-state index is 8.36. The van der Waals surface area contributed by atoms with E-state index in [1.807, 2.05) is 0 Å². The summed E-state index contributed by atoms with van der Waals surface area (Å²) in [5.74, 6) is 0. The fraction of sp³-hybridized carbons (Fsp3) is 1.00. The van der Waals surface area contributed by atoms with E-state index >= 15 is 0 Å². The molecule has 2 N–H and O–H groups in total. The van der Waals surface area contributed by atoms with E-state index in [-0.39, 0.29) is 13.2 Å². The van der Waals surface area contributed by atoms with Gasteiger partial charge in [0.05, 0.1) is 19.6 Å². The molecule has 0 aromatic carbocycles. The number of hydrogen-bond acceptors (Lipinski definition) is 3. The van der Waals surface area contributed by atoms with Crippen molar-refractivity contribution in [3.05, 3.63) is 0 Å². The number of ether oxygens (including phenoxy) is 1. The van der Waals surface area contributed by atoms with E-state index in [2.05, 4.69) is 9.24 Å². The van der Waals surface area contributed by atoms with E-state index in [1.54, 1.807) is 0 Å². The summed E-state index contributed by atoms with van der Waals surface area (Å²) in [7, 11) is 2.34. The summed E-state index contributed by atoms with van der Waals surface area (Å²) in [6.07, 6.45) is 0.0405. The molecule has 4 heteroatoms. The Hall–Kier alpha value is 0.310. The topological polar surface area (TPSA) is 49.7 Å². The van der Waals surface area contributed by atoms with Crippen LogP contribution in [0.3, 0.4) is 0 Å². The molecule has 0 saturated carbocycles. The van der Waals surface area contributed by atoms with Crippen molar-refractivity contribution in [2.75, 3.05) is 19.6 Å². The molecule has 50 valence electrons. The minimum atomic E-state index is -0.410. The van der Waals surface area contributed by atoms with Gasteiger partial charge in [0, 0.05) is 0 Å². The number of hydrogen-bond donors (Lipinski definition) is 2. The predicted octanol–water partition coefficient (Wildman–Crippen LogP) is -0.811. The lowest BCUT2D eigenvalue weighted by Crippen LogP contribution is -2.20. The molecule has 0 aliphatic carbocycles. The molecule has 0 amide bonds. The van der Waals surface area contributed by atoms with Gasteiger partial charge in [-0.15, -0.1) is 9.24 Å². The molecule has 0 aliphatic rings. The van der Waals surface area contributed by atoms with Crippen molar-refractivity contribution in [2.24, 2.45) is 0 Å². The SMILES string of the molecule is OCC(CO)OCP. The van der Waals surface area contributed by atoms with Crippen molar-refractivity contribution >= 4 is 9.24 Å². The zero-order valence-electron chi connectivity index (χ0n) is 4.58. The summed E-state index contributed by atoms with van der Waals surface area (Å²) < 4.78 is 4.80. The molecule has 8 heavy (non-hydrogen) atoms. The zero-order valence-corrected chi connectivity index (χ0v) is 5.73. The van der Waals surface area contributed by atoms with Crippen molar-refractivity contribution in [1.82, 2.24) is 0 Å². The highest BCUT2D eigenvalue weighted by atomic mass is 31.0. The Bertz CT molecular complexity index is 46.5. The van der Waals surface area contributed by atoms with Gasteiger partial charge in [-0.3, -0.25) is 0 Å². The molecule has 0 saturated heterocycles. The second-order valence-corrected chi connectivity index (χ2v) is 1.65. The van der Waals surface area contributed by atoms with Gasteiger partial charge in [-0.05, 0) is 0 Å². The first-order valence-electron chi connectivity index (χ1n) is 2.38. The Labute approximate surface area is 50.9 Å². The molecular weight excluding hydrogens is 127 g/mol. The van der Waals surface area contributed by atoms with Crippen LogP contribution in [0.25, 0.3) is 0 Å². The van der Waals surface area contributed by atoms with Gasteiger partial charge in [0.25, 0.3) is 0 Å². The van der Waals surface area contributed by atoms with Crippen LogP contribution >= 0.6 is 9.24 Å². The lowest BCUT2D eigenvalue weighted by atomic mass is 10.4. The van der Waals surface area contributed by atoms with Crippen LogP contribution in [0.15, 0.2) is 0 Å². The first-order chi connectivity index (χ1) is 3.85. The Morgan fingerprint density at radius 3 is 2.00 bits per heavy atom. The highest BCUT2D eigenvalue weighted by Crippen LogP contribution is 1.91. The molecule has 1 unspecified atom stereocenters. The average molecular weight is 138 g/mol. The van der Waals surface area contributed by atoms with Crippen LogP contribution in [0, 0.1) is 0 Å². The lowest BCUT2D eigenvalue weighted by Gasteiger charge is -2.08. The molecule has 3 nitrogen and oxygen atoms in total. The smallest absolute Gasteiger partial charge is 0.104 e. The van der Waals surface area contributed by atoms with Crippen LogP contribution < -0.4 is 0 Å². The van der Waals surface area contributed by atoms with E-state index in [9.17, 15) is 0 Å². The van der Waals surface area contributed by atoms with Crippen molar-refractivity contribution in [3.63, 3.8) is 0 Å². The molecule has 1 atom stereocenters. The van der Waals surface area contributed by atoms with Crippen LogP contribution in [0.4, 0.5) is 0 Å². The fourth-order valence-corrected chi connectivity index (χ4v) is 0.571.